The van der Waals surface area contributed by atoms with Gasteiger partial charge in [0.2, 0.25) is 5.79 Å². The van der Waals surface area contributed by atoms with Crippen LogP contribution in [-0.2, 0) is 9.47 Å². The lowest BCUT2D eigenvalue weighted by atomic mass is 9.59. The smallest absolute Gasteiger partial charge is 0.200 e. The molecular weight excluding hydrogens is 216 g/mol. The number of aliphatic hydroxyl groups excluding tert-OH is 3. The molecule has 0 radical (unpaired) electrons. The Morgan fingerprint density at radius 1 is 1.44 bits per heavy atom. The van der Waals surface area contributed by atoms with Crippen LogP contribution >= 0.6 is 0 Å². The van der Waals surface area contributed by atoms with Gasteiger partial charge >= 0.3 is 0 Å². The molecule has 6 nitrogen and oxygen atoms in total. The maximum atomic E-state index is 10.4. The van der Waals surface area contributed by atoms with Crippen LogP contribution < -0.4 is 0 Å². The van der Waals surface area contributed by atoms with E-state index in [2.05, 4.69) is 0 Å². The van der Waals surface area contributed by atoms with E-state index in [0.29, 0.717) is 6.42 Å². The van der Waals surface area contributed by atoms with Gasteiger partial charge in [0.05, 0.1) is 6.61 Å². The van der Waals surface area contributed by atoms with E-state index in [1.807, 2.05) is 0 Å². The third-order valence-electron chi connectivity index (χ3n) is 3.94. The third-order valence-corrected chi connectivity index (χ3v) is 3.94. The van der Waals surface area contributed by atoms with Gasteiger partial charge in [-0.05, 0) is 5.92 Å². The molecule has 2 unspecified atom stereocenters. The van der Waals surface area contributed by atoms with Gasteiger partial charge in [-0.3, -0.25) is 0 Å². The second kappa shape index (κ2) is 3.63. The van der Waals surface area contributed by atoms with Crippen molar-refractivity contribution in [3.05, 3.63) is 0 Å². The van der Waals surface area contributed by atoms with E-state index in [-0.39, 0.29) is 5.92 Å². The molecule has 1 aliphatic heterocycles. The highest BCUT2D eigenvalue weighted by molar-refractivity contribution is 5.18. The van der Waals surface area contributed by atoms with E-state index >= 15 is 0 Å². The number of rotatable bonds is 2. The quantitative estimate of drug-likeness (QED) is 0.450. The van der Waals surface area contributed by atoms with Gasteiger partial charge in [0.25, 0.3) is 0 Å². The Morgan fingerprint density at radius 3 is 2.50 bits per heavy atom. The fourth-order valence-corrected chi connectivity index (χ4v) is 2.84. The van der Waals surface area contributed by atoms with Crippen LogP contribution in [0.25, 0.3) is 0 Å². The molecule has 6 heteroatoms. The van der Waals surface area contributed by atoms with Crippen molar-refractivity contribution >= 4 is 0 Å². The summed E-state index contributed by atoms with van der Waals surface area (Å²) in [6.45, 7) is 1.31. The molecule has 2 rings (SSSR count). The first-order chi connectivity index (χ1) is 7.43. The first-order valence-electron chi connectivity index (χ1n) is 5.35. The number of aliphatic hydroxyl groups is 4. The lowest BCUT2D eigenvalue weighted by Gasteiger charge is -2.64. The average molecular weight is 234 g/mol. The monoisotopic (exact) mass is 234 g/mol. The lowest BCUT2D eigenvalue weighted by molar-refractivity contribution is -0.454. The van der Waals surface area contributed by atoms with Crippen LogP contribution in [0.3, 0.4) is 0 Å². The highest BCUT2D eigenvalue weighted by Gasteiger charge is 2.73. The Kier molecular flexibility index (Phi) is 2.77. The van der Waals surface area contributed by atoms with Crippen molar-refractivity contribution in [1.29, 1.82) is 0 Å². The van der Waals surface area contributed by atoms with Crippen LogP contribution in [0.1, 0.15) is 13.3 Å². The van der Waals surface area contributed by atoms with Gasteiger partial charge in [-0.25, -0.2) is 0 Å². The van der Waals surface area contributed by atoms with Gasteiger partial charge in [-0.1, -0.05) is 6.92 Å². The highest BCUT2D eigenvalue weighted by Crippen LogP contribution is 2.56. The molecule has 1 aliphatic carbocycles. The lowest BCUT2D eigenvalue weighted by Crippen LogP contribution is -2.82. The topological polar surface area (TPSA) is 99.4 Å². The minimum atomic E-state index is -1.62. The van der Waals surface area contributed by atoms with Crippen LogP contribution in [0.15, 0.2) is 0 Å². The third kappa shape index (κ3) is 1.17. The highest BCUT2D eigenvalue weighted by atomic mass is 16.7. The molecular formula is C10H18O6. The molecule has 1 saturated carbocycles. The summed E-state index contributed by atoms with van der Waals surface area (Å²) in [6, 6.07) is 0. The first kappa shape index (κ1) is 12.2. The van der Waals surface area contributed by atoms with E-state index < -0.39 is 36.3 Å². The summed E-state index contributed by atoms with van der Waals surface area (Å²) in [5, 5.41) is 39.0. The minimum absolute atomic E-state index is 0.239. The maximum Gasteiger partial charge on any atom is 0.200 e. The van der Waals surface area contributed by atoms with Gasteiger partial charge in [0.15, 0.2) is 0 Å². The number of ether oxygens (including phenoxy) is 2. The van der Waals surface area contributed by atoms with E-state index in [1.54, 1.807) is 6.92 Å². The molecule has 2 fully saturated rings. The fraction of sp³-hybridized carbons (Fsp3) is 1.00. The van der Waals surface area contributed by atoms with Crippen molar-refractivity contribution in [3.63, 3.8) is 0 Å². The average Bonchev–Trinajstić information content (AvgIpc) is 2.29. The zero-order chi connectivity index (χ0) is 12.1. The standard InChI is InChI=1S/C10H18O6/c1-5-3-9(15-2)10(5,14)8(13)7(12)6(4-11)16-9/h5-8,11-14H,3-4H2,1-2H3/t5?,6-,7-,8+,9?,10-/m1/s1. The molecule has 0 amide bonds. The summed E-state index contributed by atoms with van der Waals surface area (Å²) in [4.78, 5) is 0. The Hall–Kier alpha value is -0.240. The zero-order valence-electron chi connectivity index (χ0n) is 9.33. The van der Waals surface area contributed by atoms with E-state index in [1.165, 1.54) is 7.11 Å². The fourth-order valence-electron chi connectivity index (χ4n) is 2.84. The van der Waals surface area contributed by atoms with E-state index in [9.17, 15) is 15.3 Å². The zero-order valence-corrected chi connectivity index (χ0v) is 9.33. The van der Waals surface area contributed by atoms with Crippen LogP contribution in [-0.4, -0.2) is 63.8 Å². The van der Waals surface area contributed by atoms with Crippen molar-refractivity contribution in [2.75, 3.05) is 13.7 Å². The summed E-state index contributed by atoms with van der Waals surface area (Å²) in [7, 11) is 1.37. The van der Waals surface area contributed by atoms with Crippen molar-refractivity contribution < 1.29 is 29.9 Å². The molecule has 4 N–H and O–H groups in total. The second-order valence-corrected chi connectivity index (χ2v) is 4.66. The normalized spacial score (nSPS) is 56.6. The minimum Gasteiger partial charge on any atom is -0.394 e. The van der Waals surface area contributed by atoms with Crippen molar-refractivity contribution in [2.24, 2.45) is 5.92 Å². The van der Waals surface area contributed by atoms with Crippen LogP contribution in [0, 0.1) is 5.92 Å². The predicted molar refractivity (Wildman–Crippen MR) is 52.4 cm³/mol. The van der Waals surface area contributed by atoms with Gasteiger partial charge < -0.3 is 29.9 Å². The predicted octanol–water partition coefficient (Wildman–Crippen LogP) is -1.79. The molecule has 94 valence electrons. The number of hydrogen-bond donors (Lipinski definition) is 4. The molecule has 0 bridgehead atoms. The van der Waals surface area contributed by atoms with Gasteiger partial charge in [-0.2, -0.15) is 0 Å². The second-order valence-electron chi connectivity index (χ2n) is 4.66. The van der Waals surface area contributed by atoms with Gasteiger partial charge in [0.1, 0.15) is 23.9 Å². The Bertz CT molecular complexity index is 284. The van der Waals surface area contributed by atoms with Crippen LogP contribution in [0.5, 0.6) is 0 Å². The Balaban J connectivity index is 2.32. The summed E-state index contributed by atoms with van der Waals surface area (Å²) < 4.78 is 10.5. The van der Waals surface area contributed by atoms with Crippen molar-refractivity contribution in [1.82, 2.24) is 0 Å². The molecule has 0 aromatic carbocycles. The van der Waals surface area contributed by atoms with Crippen molar-refractivity contribution in [2.45, 2.75) is 43.0 Å². The Morgan fingerprint density at radius 2 is 2.06 bits per heavy atom. The molecule has 2 aliphatic rings. The van der Waals surface area contributed by atoms with Gasteiger partial charge in [0, 0.05) is 13.5 Å². The summed E-state index contributed by atoms with van der Waals surface area (Å²) in [6.07, 6.45) is -3.23. The number of hydrogen-bond acceptors (Lipinski definition) is 6. The van der Waals surface area contributed by atoms with Crippen molar-refractivity contribution in [3.8, 4) is 0 Å². The summed E-state index contributed by atoms with van der Waals surface area (Å²) >= 11 is 0. The molecule has 0 spiro atoms. The largest absolute Gasteiger partial charge is 0.394 e. The first-order valence-corrected chi connectivity index (χ1v) is 5.35. The van der Waals surface area contributed by atoms with E-state index in [0.717, 1.165) is 0 Å². The SMILES string of the molecule is COC12CC(C)[C@@]1(O)[C@@H](O)[C@H](O)[C@@H](CO)O2. The molecule has 1 saturated heterocycles. The number of methoxy groups -OCH3 is 1. The number of fused-ring (bicyclic) bond motifs is 1. The molecule has 1 heterocycles. The van der Waals surface area contributed by atoms with Crippen LogP contribution in [0.2, 0.25) is 0 Å². The summed E-state index contributed by atoms with van der Waals surface area (Å²) in [5.41, 5.74) is -1.62. The summed E-state index contributed by atoms with van der Waals surface area (Å²) in [5.74, 6) is -1.56. The molecule has 0 aromatic rings. The molecule has 6 atom stereocenters. The van der Waals surface area contributed by atoms with E-state index in [4.69, 9.17) is 14.6 Å². The van der Waals surface area contributed by atoms with Gasteiger partial charge in [-0.15, -0.1) is 0 Å². The Labute approximate surface area is 93.4 Å². The maximum absolute atomic E-state index is 10.4. The molecule has 16 heavy (non-hydrogen) atoms. The molecule has 0 aromatic heterocycles. The van der Waals surface area contributed by atoms with Crippen LogP contribution in [0.4, 0.5) is 0 Å².